The Morgan fingerprint density at radius 3 is 2.67 bits per heavy atom. The predicted octanol–water partition coefficient (Wildman–Crippen LogP) is 1.89. The topological polar surface area (TPSA) is 85.8 Å². The van der Waals surface area contributed by atoms with E-state index in [1.54, 1.807) is 12.4 Å². The van der Waals surface area contributed by atoms with Crippen LogP contribution in [0, 0.1) is 12.3 Å². The third-order valence-electron chi connectivity index (χ3n) is 3.86. The van der Waals surface area contributed by atoms with Crippen molar-refractivity contribution in [1.82, 2.24) is 14.5 Å². The van der Waals surface area contributed by atoms with Crippen molar-refractivity contribution in [2.75, 3.05) is 11.9 Å². The van der Waals surface area contributed by atoms with Crippen LogP contribution in [0.3, 0.4) is 0 Å². The second-order valence-corrected chi connectivity index (χ2v) is 5.32. The maximum absolute atomic E-state index is 12.2. The first-order valence-corrected chi connectivity index (χ1v) is 6.98. The third-order valence-corrected chi connectivity index (χ3v) is 3.86. The molecule has 3 N–H and O–H groups in total. The number of hydrogen-bond acceptors (Lipinski definition) is 4. The van der Waals surface area contributed by atoms with Gasteiger partial charge in [-0.3, -0.25) is 9.36 Å². The van der Waals surface area contributed by atoms with Crippen LogP contribution in [0.15, 0.2) is 30.7 Å². The van der Waals surface area contributed by atoms with Crippen molar-refractivity contribution in [2.45, 2.75) is 27.2 Å². The van der Waals surface area contributed by atoms with Gasteiger partial charge < -0.3 is 11.1 Å². The normalized spacial score (nSPS) is 13.7. The molecule has 0 aromatic carbocycles. The highest BCUT2D eigenvalue weighted by atomic mass is 16.2. The number of pyridine rings is 1. The highest BCUT2D eigenvalue weighted by Gasteiger charge is 2.29. The summed E-state index contributed by atoms with van der Waals surface area (Å²) in [7, 11) is 0. The lowest BCUT2D eigenvalue weighted by Crippen LogP contribution is -2.39. The van der Waals surface area contributed by atoms with Crippen molar-refractivity contribution >= 4 is 11.6 Å². The minimum atomic E-state index is -0.556. The summed E-state index contributed by atoms with van der Waals surface area (Å²) in [5, 5.41) is 2.87. The highest BCUT2D eigenvalue weighted by molar-refractivity contribution is 5.95. The number of aromatic nitrogens is 3. The molecule has 2 heterocycles. The van der Waals surface area contributed by atoms with E-state index < -0.39 is 5.41 Å². The standard InChI is InChI=1S/C15H21N5O/c1-4-15(3,10-16)14(21)19-12-5-6-13(18-9-12)20-8-7-17-11(20)2/h5-9H,4,10,16H2,1-3H3,(H,19,21). The number of carbonyl (C=O) groups excluding carboxylic acids is 1. The maximum Gasteiger partial charge on any atom is 0.231 e. The number of hydrogen-bond donors (Lipinski definition) is 2. The maximum atomic E-state index is 12.2. The fourth-order valence-electron chi connectivity index (χ4n) is 1.90. The van der Waals surface area contributed by atoms with E-state index in [2.05, 4.69) is 15.3 Å². The Kier molecular flexibility index (Phi) is 4.37. The number of rotatable bonds is 5. The molecule has 6 nitrogen and oxygen atoms in total. The molecule has 1 atom stereocenters. The molecule has 0 saturated heterocycles. The molecule has 2 aromatic heterocycles. The molecule has 0 bridgehead atoms. The fraction of sp³-hybridized carbons (Fsp3) is 0.400. The molecule has 0 spiro atoms. The lowest BCUT2D eigenvalue weighted by molar-refractivity contribution is -0.124. The van der Waals surface area contributed by atoms with Crippen LogP contribution in [0.5, 0.6) is 0 Å². The van der Waals surface area contributed by atoms with Gasteiger partial charge in [0.25, 0.3) is 0 Å². The Bertz CT molecular complexity index is 613. The summed E-state index contributed by atoms with van der Waals surface area (Å²) in [6, 6.07) is 3.67. The zero-order valence-electron chi connectivity index (χ0n) is 12.6. The molecule has 0 aliphatic rings. The van der Waals surface area contributed by atoms with Crippen LogP contribution in [-0.2, 0) is 4.79 Å². The van der Waals surface area contributed by atoms with Crippen LogP contribution in [0.1, 0.15) is 26.1 Å². The van der Waals surface area contributed by atoms with E-state index in [0.717, 1.165) is 11.6 Å². The van der Waals surface area contributed by atoms with Gasteiger partial charge in [-0.2, -0.15) is 0 Å². The van der Waals surface area contributed by atoms with Crippen LogP contribution in [0.25, 0.3) is 5.82 Å². The summed E-state index contributed by atoms with van der Waals surface area (Å²) in [5.74, 6) is 1.54. The van der Waals surface area contributed by atoms with Crippen molar-refractivity contribution in [3.8, 4) is 5.82 Å². The van der Waals surface area contributed by atoms with Crippen molar-refractivity contribution in [3.63, 3.8) is 0 Å². The van der Waals surface area contributed by atoms with Crippen LogP contribution < -0.4 is 11.1 Å². The van der Waals surface area contributed by atoms with Crippen molar-refractivity contribution in [3.05, 3.63) is 36.5 Å². The van der Waals surface area contributed by atoms with Crippen molar-refractivity contribution < 1.29 is 4.79 Å². The van der Waals surface area contributed by atoms with Crippen LogP contribution in [0.4, 0.5) is 5.69 Å². The van der Waals surface area contributed by atoms with E-state index in [0.29, 0.717) is 18.7 Å². The molecule has 0 aliphatic heterocycles. The van der Waals surface area contributed by atoms with Gasteiger partial charge in [-0.05, 0) is 32.4 Å². The molecule has 2 aromatic rings. The Morgan fingerprint density at radius 1 is 1.43 bits per heavy atom. The molecular formula is C15H21N5O. The molecule has 1 amide bonds. The monoisotopic (exact) mass is 287 g/mol. The predicted molar refractivity (Wildman–Crippen MR) is 82.2 cm³/mol. The summed E-state index contributed by atoms with van der Waals surface area (Å²) < 4.78 is 1.88. The average Bonchev–Trinajstić information content (AvgIpc) is 2.93. The van der Waals surface area contributed by atoms with Gasteiger partial charge in [-0.1, -0.05) is 6.92 Å². The third kappa shape index (κ3) is 3.11. The van der Waals surface area contributed by atoms with E-state index in [-0.39, 0.29) is 5.91 Å². The minimum Gasteiger partial charge on any atom is -0.329 e. The smallest absolute Gasteiger partial charge is 0.231 e. The van der Waals surface area contributed by atoms with Crippen molar-refractivity contribution in [2.24, 2.45) is 11.1 Å². The molecule has 0 saturated carbocycles. The highest BCUT2D eigenvalue weighted by Crippen LogP contribution is 2.22. The number of anilines is 1. The van der Waals surface area contributed by atoms with E-state index in [1.165, 1.54) is 0 Å². The molecule has 0 fully saturated rings. The average molecular weight is 287 g/mol. The molecular weight excluding hydrogens is 266 g/mol. The Morgan fingerprint density at radius 2 is 2.19 bits per heavy atom. The second-order valence-electron chi connectivity index (χ2n) is 5.32. The van der Waals surface area contributed by atoms with Crippen LogP contribution in [-0.4, -0.2) is 27.0 Å². The zero-order valence-corrected chi connectivity index (χ0v) is 12.6. The zero-order chi connectivity index (χ0) is 15.5. The Hall–Kier alpha value is -2.21. The number of amides is 1. The first kappa shape index (κ1) is 15.2. The molecule has 112 valence electrons. The lowest BCUT2D eigenvalue weighted by atomic mass is 9.86. The van der Waals surface area contributed by atoms with Gasteiger partial charge in [0.05, 0.1) is 17.3 Å². The molecule has 2 rings (SSSR count). The quantitative estimate of drug-likeness (QED) is 0.879. The SMILES string of the molecule is CCC(C)(CN)C(=O)Nc1ccc(-n2ccnc2C)nc1. The van der Waals surface area contributed by atoms with Gasteiger partial charge in [0.1, 0.15) is 11.6 Å². The number of nitrogens with one attached hydrogen (secondary N) is 1. The number of aryl methyl sites for hydroxylation is 1. The summed E-state index contributed by atoms with van der Waals surface area (Å²) >= 11 is 0. The van der Waals surface area contributed by atoms with Gasteiger partial charge in [-0.25, -0.2) is 9.97 Å². The largest absolute Gasteiger partial charge is 0.329 e. The number of nitrogens with two attached hydrogens (primary N) is 1. The van der Waals surface area contributed by atoms with E-state index >= 15 is 0 Å². The molecule has 6 heteroatoms. The summed E-state index contributed by atoms with van der Waals surface area (Å²) in [6.07, 6.45) is 5.90. The fourth-order valence-corrected chi connectivity index (χ4v) is 1.90. The van der Waals surface area contributed by atoms with E-state index in [1.807, 2.05) is 43.7 Å². The minimum absolute atomic E-state index is 0.0825. The molecule has 1 unspecified atom stereocenters. The van der Waals surface area contributed by atoms with Gasteiger partial charge in [-0.15, -0.1) is 0 Å². The Balaban J connectivity index is 2.13. The van der Waals surface area contributed by atoms with Crippen molar-refractivity contribution in [1.29, 1.82) is 0 Å². The molecule has 0 radical (unpaired) electrons. The number of nitrogens with zero attached hydrogens (tertiary/aromatic N) is 3. The number of imidazole rings is 1. The summed E-state index contributed by atoms with van der Waals surface area (Å²) in [4.78, 5) is 20.7. The van der Waals surface area contributed by atoms with E-state index in [4.69, 9.17) is 5.73 Å². The Labute approximate surface area is 124 Å². The summed E-state index contributed by atoms with van der Waals surface area (Å²) in [6.45, 7) is 6.04. The van der Waals surface area contributed by atoms with E-state index in [9.17, 15) is 4.79 Å². The molecule has 21 heavy (non-hydrogen) atoms. The van der Waals surface area contributed by atoms with Gasteiger partial charge in [0, 0.05) is 18.9 Å². The lowest BCUT2D eigenvalue weighted by Gasteiger charge is -2.24. The van der Waals surface area contributed by atoms with Gasteiger partial charge >= 0.3 is 0 Å². The number of carbonyl (C=O) groups is 1. The first-order chi connectivity index (χ1) is 10.00. The van der Waals surface area contributed by atoms with Crippen LogP contribution in [0.2, 0.25) is 0 Å². The molecule has 0 aliphatic carbocycles. The van der Waals surface area contributed by atoms with Gasteiger partial charge in [0.2, 0.25) is 5.91 Å². The second kappa shape index (κ2) is 6.05. The van der Waals surface area contributed by atoms with Crippen LogP contribution >= 0.6 is 0 Å². The first-order valence-electron chi connectivity index (χ1n) is 6.98. The van der Waals surface area contributed by atoms with Gasteiger partial charge in [0.15, 0.2) is 0 Å². The summed E-state index contributed by atoms with van der Waals surface area (Å²) in [5.41, 5.74) is 5.80.